The van der Waals surface area contributed by atoms with Gasteiger partial charge in [0.15, 0.2) is 0 Å². The number of benzene rings is 1. The first-order valence-electron chi connectivity index (χ1n) is 9.82. The molecule has 1 atom stereocenters. The van der Waals surface area contributed by atoms with Crippen LogP contribution in [0, 0.1) is 5.92 Å². The Kier molecular flexibility index (Phi) is 3.24. The van der Waals surface area contributed by atoms with Crippen molar-refractivity contribution in [3.8, 4) is 5.69 Å². The second kappa shape index (κ2) is 5.49. The summed E-state index contributed by atoms with van der Waals surface area (Å²) in [4.78, 5) is 2.37. The SMILES string of the molecule is CC1CN(c2cc3c(cnn3-c3cnn(C45CC(C4)C5)c3)cc2Cl)CCN1. The van der Waals surface area contributed by atoms with Crippen LogP contribution in [0.25, 0.3) is 16.6 Å². The highest BCUT2D eigenvalue weighted by Crippen LogP contribution is 2.62. The number of halogens is 1. The number of anilines is 1. The minimum Gasteiger partial charge on any atom is -0.367 e. The lowest BCUT2D eigenvalue weighted by atomic mass is 9.50. The number of hydrogen-bond acceptors (Lipinski definition) is 4. The van der Waals surface area contributed by atoms with Crippen LogP contribution in [0.5, 0.6) is 0 Å². The molecule has 3 aliphatic carbocycles. The summed E-state index contributed by atoms with van der Waals surface area (Å²) in [5.41, 5.74) is 3.50. The quantitative estimate of drug-likeness (QED) is 0.755. The Morgan fingerprint density at radius 2 is 2.04 bits per heavy atom. The van der Waals surface area contributed by atoms with E-state index >= 15 is 0 Å². The monoisotopic (exact) mass is 382 g/mol. The Morgan fingerprint density at radius 1 is 1.19 bits per heavy atom. The van der Waals surface area contributed by atoms with Crippen molar-refractivity contribution in [3.63, 3.8) is 0 Å². The lowest BCUT2D eigenvalue weighted by Crippen LogP contribution is -2.59. The van der Waals surface area contributed by atoms with Gasteiger partial charge in [0.2, 0.25) is 0 Å². The van der Waals surface area contributed by atoms with E-state index in [1.54, 1.807) is 0 Å². The van der Waals surface area contributed by atoms with E-state index in [-0.39, 0.29) is 0 Å². The zero-order valence-electron chi connectivity index (χ0n) is 15.4. The zero-order chi connectivity index (χ0) is 18.2. The molecule has 3 aromatic rings. The van der Waals surface area contributed by atoms with E-state index < -0.39 is 0 Å². The van der Waals surface area contributed by atoms with Crippen molar-refractivity contribution >= 4 is 28.2 Å². The molecule has 7 rings (SSSR count). The number of nitrogens with one attached hydrogen (secondary N) is 1. The average molecular weight is 383 g/mol. The predicted octanol–water partition coefficient (Wildman–Crippen LogP) is 3.18. The van der Waals surface area contributed by atoms with Crippen molar-refractivity contribution in [2.24, 2.45) is 5.92 Å². The van der Waals surface area contributed by atoms with Crippen LogP contribution in [0.2, 0.25) is 5.02 Å². The number of hydrogen-bond donors (Lipinski definition) is 1. The normalized spacial score (nSPS) is 29.6. The summed E-state index contributed by atoms with van der Waals surface area (Å²) in [5.74, 6) is 0.939. The van der Waals surface area contributed by atoms with Gasteiger partial charge in [0.1, 0.15) is 5.69 Å². The molecule has 7 heteroatoms. The van der Waals surface area contributed by atoms with Gasteiger partial charge >= 0.3 is 0 Å². The van der Waals surface area contributed by atoms with Gasteiger partial charge in [-0.25, -0.2) is 4.68 Å². The number of piperazine rings is 1. The largest absolute Gasteiger partial charge is 0.367 e. The molecule has 4 aliphatic rings. The molecule has 0 amide bonds. The first-order chi connectivity index (χ1) is 13.1. The Bertz CT molecular complexity index is 1020. The summed E-state index contributed by atoms with van der Waals surface area (Å²) < 4.78 is 4.17. The number of rotatable bonds is 3. The van der Waals surface area contributed by atoms with E-state index in [1.807, 2.05) is 23.1 Å². The molecular weight excluding hydrogens is 360 g/mol. The van der Waals surface area contributed by atoms with Crippen LogP contribution in [0.3, 0.4) is 0 Å². The maximum absolute atomic E-state index is 6.62. The van der Waals surface area contributed by atoms with Crippen LogP contribution >= 0.6 is 11.6 Å². The van der Waals surface area contributed by atoms with Gasteiger partial charge in [-0.1, -0.05) is 11.6 Å². The Labute approximate surface area is 163 Å². The molecule has 3 heterocycles. The van der Waals surface area contributed by atoms with Crippen molar-refractivity contribution in [3.05, 3.63) is 35.7 Å². The average Bonchev–Trinajstić information content (AvgIpc) is 3.18. The van der Waals surface area contributed by atoms with Gasteiger partial charge in [-0.15, -0.1) is 0 Å². The molecule has 6 nitrogen and oxygen atoms in total. The van der Waals surface area contributed by atoms with E-state index in [1.165, 1.54) is 19.3 Å². The molecular formula is C20H23ClN6. The Hall–Kier alpha value is -2.05. The minimum absolute atomic E-state index is 0.303. The van der Waals surface area contributed by atoms with Gasteiger partial charge in [0.05, 0.1) is 40.4 Å². The van der Waals surface area contributed by atoms with Gasteiger partial charge in [-0.05, 0) is 44.2 Å². The summed E-state index contributed by atoms with van der Waals surface area (Å²) in [5, 5.41) is 14.6. The number of nitrogens with zero attached hydrogens (tertiary/aromatic N) is 5. The molecule has 4 fully saturated rings. The lowest BCUT2D eigenvalue weighted by molar-refractivity contribution is -0.0977. The fraction of sp³-hybridized carbons (Fsp3) is 0.500. The first kappa shape index (κ1) is 16.0. The highest BCUT2D eigenvalue weighted by Gasteiger charge is 2.58. The van der Waals surface area contributed by atoms with Crippen molar-refractivity contribution < 1.29 is 0 Å². The van der Waals surface area contributed by atoms with Gasteiger partial charge in [-0.3, -0.25) is 4.68 Å². The third-order valence-corrected chi connectivity index (χ3v) is 6.95. The van der Waals surface area contributed by atoms with Gasteiger partial charge in [0, 0.05) is 31.1 Å². The van der Waals surface area contributed by atoms with Crippen molar-refractivity contribution in [1.82, 2.24) is 24.9 Å². The molecule has 140 valence electrons. The van der Waals surface area contributed by atoms with Crippen molar-refractivity contribution in [2.45, 2.75) is 37.8 Å². The standard InChI is InChI=1S/C20H23ClN6/c1-13-11-25(3-2-22-13)19-5-18-15(4-17(19)21)9-24-27(18)16-10-23-26(12-16)20-6-14(7-20)8-20/h4-5,9-10,12-14,22H,2-3,6-8,11H2,1H3. The van der Waals surface area contributed by atoms with Gasteiger partial charge in [0.25, 0.3) is 0 Å². The minimum atomic E-state index is 0.303. The second-order valence-electron chi connectivity index (χ2n) is 8.57. The highest BCUT2D eigenvalue weighted by atomic mass is 35.5. The van der Waals surface area contributed by atoms with E-state index in [9.17, 15) is 0 Å². The summed E-state index contributed by atoms with van der Waals surface area (Å²) in [6.45, 7) is 5.11. The van der Waals surface area contributed by atoms with Crippen LogP contribution in [-0.4, -0.2) is 45.2 Å². The summed E-state index contributed by atoms with van der Waals surface area (Å²) in [7, 11) is 0. The Balaban J connectivity index is 1.40. The summed E-state index contributed by atoms with van der Waals surface area (Å²) in [6, 6.07) is 4.68. The lowest BCUT2D eigenvalue weighted by Gasteiger charge is -2.61. The maximum Gasteiger partial charge on any atom is 0.103 e. The van der Waals surface area contributed by atoms with Gasteiger partial charge in [-0.2, -0.15) is 10.2 Å². The molecule has 1 aliphatic heterocycles. The fourth-order valence-electron chi connectivity index (χ4n) is 5.03. The zero-order valence-corrected chi connectivity index (χ0v) is 16.2. The van der Waals surface area contributed by atoms with Gasteiger partial charge < -0.3 is 10.2 Å². The van der Waals surface area contributed by atoms with E-state index in [4.69, 9.17) is 11.6 Å². The van der Waals surface area contributed by atoms with Crippen LogP contribution in [0.1, 0.15) is 26.2 Å². The summed E-state index contributed by atoms with van der Waals surface area (Å²) >= 11 is 6.62. The second-order valence-corrected chi connectivity index (χ2v) is 8.97. The molecule has 3 saturated carbocycles. The van der Waals surface area contributed by atoms with Crippen LogP contribution < -0.4 is 10.2 Å². The number of aromatic nitrogens is 4. The smallest absolute Gasteiger partial charge is 0.103 e. The van der Waals surface area contributed by atoms with Crippen molar-refractivity contribution in [1.29, 1.82) is 0 Å². The molecule has 1 unspecified atom stereocenters. The maximum atomic E-state index is 6.62. The van der Waals surface area contributed by atoms with Crippen molar-refractivity contribution in [2.75, 3.05) is 24.5 Å². The highest BCUT2D eigenvalue weighted by molar-refractivity contribution is 6.34. The molecule has 27 heavy (non-hydrogen) atoms. The third kappa shape index (κ3) is 2.29. The molecule has 1 N–H and O–H groups in total. The molecule has 2 aromatic heterocycles. The van der Waals surface area contributed by atoms with E-state index in [0.717, 1.165) is 52.9 Å². The first-order valence-corrected chi connectivity index (χ1v) is 10.2. The van der Waals surface area contributed by atoms with Crippen LogP contribution in [0.4, 0.5) is 5.69 Å². The molecule has 0 radical (unpaired) electrons. The van der Waals surface area contributed by atoms with E-state index in [2.05, 4.69) is 44.3 Å². The summed E-state index contributed by atoms with van der Waals surface area (Å²) in [6.07, 6.45) is 9.85. The van der Waals surface area contributed by atoms with Crippen LogP contribution in [0.15, 0.2) is 30.7 Å². The third-order valence-electron chi connectivity index (χ3n) is 6.65. The molecule has 1 saturated heterocycles. The molecule has 0 spiro atoms. The number of fused-ring (bicyclic) bond motifs is 1. The fourth-order valence-corrected chi connectivity index (χ4v) is 5.32. The van der Waals surface area contributed by atoms with E-state index in [0.29, 0.717) is 11.6 Å². The molecule has 1 aromatic carbocycles. The molecule has 2 bridgehead atoms. The Morgan fingerprint density at radius 3 is 2.78 bits per heavy atom. The predicted molar refractivity (Wildman–Crippen MR) is 107 cm³/mol. The topological polar surface area (TPSA) is 50.9 Å². The van der Waals surface area contributed by atoms with Crippen LogP contribution in [-0.2, 0) is 5.54 Å².